The number of halogens is 3. The Morgan fingerprint density at radius 2 is 1.29 bits per heavy atom. The third-order valence-corrected chi connectivity index (χ3v) is 7.31. The maximum absolute atomic E-state index is 13.5. The summed E-state index contributed by atoms with van der Waals surface area (Å²) in [7, 11) is 1.72. The Balaban J connectivity index is 1.66. The Morgan fingerprint density at radius 3 is 1.84 bits per heavy atom. The zero-order valence-corrected chi connectivity index (χ0v) is 23.9. The molecule has 0 fully saturated rings. The third kappa shape index (κ3) is 7.12. The molecule has 0 unspecified atom stereocenters. The molecule has 2 nitrogen and oxygen atoms in total. The Kier molecular flexibility index (Phi) is 8.60. The molecule has 0 aliphatic rings. The average Bonchev–Trinajstić information content (AvgIpc) is 2.82. The number of hydrogen-bond donors (Lipinski definition) is 0. The monoisotopic (exact) mass is 526 g/mol. The lowest BCUT2D eigenvalue weighted by atomic mass is 9.78. The summed E-state index contributed by atoms with van der Waals surface area (Å²) in [5.41, 5.74) is 2.50. The summed E-state index contributed by atoms with van der Waals surface area (Å²) in [4.78, 5) is 0. The molecule has 0 aliphatic carbocycles. The molecule has 0 aromatic heterocycles. The lowest BCUT2D eigenvalue weighted by Gasteiger charge is -2.29. The molecule has 0 saturated heterocycles. The molecule has 38 heavy (non-hydrogen) atoms. The minimum atomic E-state index is -4.38. The van der Waals surface area contributed by atoms with E-state index in [1.807, 2.05) is 26.0 Å². The van der Waals surface area contributed by atoms with Gasteiger partial charge in [0, 0.05) is 0 Å². The van der Waals surface area contributed by atoms with Crippen LogP contribution in [0.15, 0.2) is 66.7 Å². The normalized spacial score (nSPS) is 12.9. The van der Waals surface area contributed by atoms with Crippen molar-refractivity contribution in [1.82, 2.24) is 0 Å². The fourth-order valence-corrected chi connectivity index (χ4v) is 4.96. The lowest BCUT2D eigenvalue weighted by Crippen LogP contribution is -2.25. The number of rotatable bonds is 9. The Morgan fingerprint density at radius 1 is 0.684 bits per heavy atom. The van der Waals surface area contributed by atoms with E-state index in [1.54, 1.807) is 19.2 Å². The average molecular weight is 527 g/mol. The second-order valence-electron chi connectivity index (χ2n) is 12.4. The maximum atomic E-state index is 13.5. The molecule has 0 radical (unpaired) electrons. The third-order valence-electron chi connectivity index (χ3n) is 7.31. The van der Waals surface area contributed by atoms with Crippen LogP contribution in [-0.4, -0.2) is 13.7 Å². The minimum absolute atomic E-state index is 0.00610. The molecule has 0 spiro atoms. The van der Waals surface area contributed by atoms with Crippen LogP contribution in [0.1, 0.15) is 82.7 Å². The smallest absolute Gasteiger partial charge is 0.416 e. The number of methoxy groups -OCH3 is 1. The van der Waals surface area contributed by atoms with Crippen molar-refractivity contribution in [2.75, 3.05) is 13.7 Å². The van der Waals surface area contributed by atoms with Crippen LogP contribution < -0.4 is 9.47 Å². The van der Waals surface area contributed by atoms with Crippen LogP contribution in [0, 0.1) is 0 Å². The van der Waals surface area contributed by atoms with Crippen molar-refractivity contribution in [2.24, 2.45) is 0 Å². The highest BCUT2D eigenvalue weighted by molar-refractivity contribution is 5.43. The highest BCUT2D eigenvalue weighted by Gasteiger charge is 2.37. The highest BCUT2D eigenvalue weighted by Crippen LogP contribution is 2.39. The van der Waals surface area contributed by atoms with Crippen molar-refractivity contribution >= 4 is 0 Å². The first-order valence-corrected chi connectivity index (χ1v) is 13.1. The van der Waals surface area contributed by atoms with Crippen LogP contribution in [0.4, 0.5) is 13.2 Å². The van der Waals surface area contributed by atoms with Crippen LogP contribution in [0.3, 0.4) is 0 Å². The Labute approximate surface area is 226 Å². The first-order valence-electron chi connectivity index (χ1n) is 13.1. The standard InChI is InChI=1S/C33H41F3O2/c1-30(2,3)28-18-13-23(21-29(28)37-8)22-32(6,7)24-14-16-25(17-15-24)38-20-19-31(4,5)26-11-9-10-12-27(26)33(34,35)36/h9-18,21H,19-20,22H2,1-8H3. The molecule has 3 aromatic rings. The predicted molar refractivity (Wildman–Crippen MR) is 149 cm³/mol. The molecule has 0 atom stereocenters. The molecule has 0 heterocycles. The Bertz CT molecular complexity index is 1220. The van der Waals surface area contributed by atoms with Gasteiger partial charge in [0.05, 0.1) is 19.3 Å². The summed E-state index contributed by atoms with van der Waals surface area (Å²) in [6, 6.07) is 20.3. The quantitative estimate of drug-likeness (QED) is 0.277. The van der Waals surface area contributed by atoms with Crippen molar-refractivity contribution in [3.63, 3.8) is 0 Å². The van der Waals surface area contributed by atoms with E-state index >= 15 is 0 Å². The Hall–Kier alpha value is -2.95. The van der Waals surface area contributed by atoms with E-state index < -0.39 is 17.2 Å². The summed E-state index contributed by atoms with van der Waals surface area (Å²) in [6.45, 7) is 15.0. The van der Waals surface area contributed by atoms with Crippen LogP contribution in [0.2, 0.25) is 0 Å². The second-order valence-corrected chi connectivity index (χ2v) is 12.4. The topological polar surface area (TPSA) is 18.5 Å². The molecule has 5 heteroatoms. The van der Waals surface area contributed by atoms with Crippen LogP contribution in [0.5, 0.6) is 11.5 Å². The molecular formula is C33H41F3O2. The van der Waals surface area contributed by atoms with Gasteiger partial charge in [-0.3, -0.25) is 0 Å². The molecule has 0 amide bonds. The largest absolute Gasteiger partial charge is 0.496 e. The summed E-state index contributed by atoms with van der Waals surface area (Å²) >= 11 is 0. The summed E-state index contributed by atoms with van der Waals surface area (Å²) < 4.78 is 52.1. The highest BCUT2D eigenvalue weighted by atomic mass is 19.4. The zero-order chi connectivity index (χ0) is 28.4. The van der Waals surface area contributed by atoms with Gasteiger partial charge in [-0.2, -0.15) is 13.2 Å². The minimum Gasteiger partial charge on any atom is -0.496 e. The van der Waals surface area contributed by atoms with Gasteiger partial charge in [0.1, 0.15) is 11.5 Å². The van der Waals surface area contributed by atoms with Gasteiger partial charge in [-0.1, -0.05) is 90.9 Å². The molecule has 3 rings (SSSR count). The van der Waals surface area contributed by atoms with Gasteiger partial charge in [-0.15, -0.1) is 0 Å². The first kappa shape index (κ1) is 29.6. The molecule has 3 aromatic carbocycles. The van der Waals surface area contributed by atoms with Gasteiger partial charge in [0.15, 0.2) is 0 Å². The first-order chi connectivity index (χ1) is 17.5. The van der Waals surface area contributed by atoms with Gasteiger partial charge < -0.3 is 9.47 Å². The van der Waals surface area contributed by atoms with E-state index in [0.717, 1.165) is 18.2 Å². The van der Waals surface area contributed by atoms with Gasteiger partial charge in [-0.05, 0) is 75.6 Å². The van der Waals surface area contributed by atoms with Crippen molar-refractivity contribution in [3.05, 3.63) is 94.5 Å². The van der Waals surface area contributed by atoms with Gasteiger partial charge in [-0.25, -0.2) is 0 Å². The van der Waals surface area contributed by atoms with Gasteiger partial charge >= 0.3 is 6.18 Å². The lowest BCUT2D eigenvalue weighted by molar-refractivity contribution is -0.138. The predicted octanol–water partition coefficient (Wildman–Crippen LogP) is 9.28. The van der Waals surface area contributed by atoms with Crippen LogP contribution >= 0.6 is 0 Å². The summed E-state index contributed by atoms with van der Waals surface area (Å²) in [5.74, 6) is 1.62. The van der Waals surface area contributed by atoms with Crippen molar-refractivity contribution in [2.45, 2.75) is 83.7 Å². The number of hydrogen-bond acceptors (Lipinski definition) is 2. The van der Waals surface area contributed by atoms with Gasteiger partial charge in [0.2, 0.25) is 0 Å². The van der Waals surface area contributed by atoms with E-state index in [0.29, 0.717) is 24.3 Å². The molecule has 206 valence electrons. The van der Waals surface area contributed by atoms with Crippen LogP contribution in [0.25, 0.3) is 0 Å². The van der Waals surface area contributed by atoms with Crippen molar-refractivity contribution in [3.8, 4) is 11.5 Å². The van der Waals surface area contributed by atoms with Gasteiger partial charge in [0.25, 0.3) is 0 Å². The number of benzene rings is 3. The second kappa shape index (κ2) is 11.0. The summed E-state index contributed by atoms with van der Waals surface area (Å²) in [6.07, 6.45) is -3.07. The molecular weight excluding hydrogens is 485 g/mol. The van der Waals surface area contributed by atoms with E-state index in [4.69, 9.17) is 9.47 Å². The van der Waals surface area contributed by atoms with Crippen molar-refractivity contribution < 1.29 is 22.6 Å². The summed E-state index contributed by atoms with van der Waals surface area (Å²) in [5, 5.41) is 0. The van der Waals surface area contributed by atoms with E-state index in [2.05, 4.69) is 65.0 Å². The fraction of sp³-hybridized carbons (Fsp3) is 0.455. The zero-order valence-electron chi connectivity index (χ0n) is 23.9. The number of alkyl halides is 3. The van der Waals surface area contributed by atoms with E-state index in [1.165, 1.54) is 22.8 Å². The molecule has 0 N–H and O–H groups in total. The van der Waals surface area contributed by atoms with Crippen molar-refractivity contribution in [1.29, 1.82) is 0 Å². The number of ether oxygens (including phenoxy) is 2. The van der Waals surface area contributed by atoms with E-state index in [-0.39, 0.29) is 10.8 Å². The maximum Gasteiger partial charge on any atom is 0.416 e. The molecule has 0 saturated carbocycles. The van der Waals surface area contributed by atoms with Crippen LogP contribution in [-0.2, 0) is 28.8 Å². The molecule has 0 aliphatic heterocycles. The molecule has 0 bridgehead atoms. The SMILES string of the molecule is COc1cc(CC(C)(C)c2ccc(OCCC(C)(C)c3ccccc3C(F)(F)F)cc2)ccc1C(C)(C)C. The fourth-order valence-electron chi connectivity index (χ4n) is 4.96. The van der Waals surface area contributed by atoms with E-state index in [9.17, 15) is 13.2 Å².